The van der Waals surface area contributed by atoms with Crippen molar-refractivity contribution in [1.82, 2.24) is 14.0 Å². The molecule has 0 saturated carbocycles. The molecule has 4 rings (SSSR count). The van der Waals surface area contributed by atoms with Crippen molar-refractivity contribution in [1.29, 1.82) is 0 Å². The molecule has 0 unspecified atom stereocenters. The number of benzene rings is 1. The molecular weight excluding hydrogens is 349 g/mol. The van der Waals surface area contributed by atoms with E-state index in [1.54, 1.807) is 48.1 Å². The maximum Gasteiger partial charge on any atom is 0.303 e. The molecule has 1 N–H and O–H groups in total. The van der Waals surface area contributed by atoms with Crippen LogP contribution in [0.25, 0.3) is 27.7 Å². The van der Waals surface area contributed by atoms with Gasteiger partial charge >= 0.3 is 5.97 Å². The number of imidazole rings is 1. The van der Waals surface area contributed by atoms with Gasteiger partial charge in [-0.25, -0.2) is 9.37 Å². The molecule has 3 aromatic heterocycles. The average molecular weight is 365 g/mol. The highest BCUT2D eigenvalue weighted by atomic mass is 19.1. The van der Waals surface area contributed by atoms with E-state index in [0.29, 0.717) is 34.1 Å². The van der Waals surface area contributed by atoms with Crippen LogP contribution in [0, 0.1) is 5.82 Å². The van der Waals surface area contributed by atoms with Gasteiger partial charge in [0.25, 0.3) is 5.56 Å². The van der Waals surface area contributed by atoms with E-state index in [2.05, 4.69) is 4.98 Å². The van der Waals surface area contributed by atoms with E-state index in [1.807, 2.05) is 0 Å². The number of fused-ring (bicyclic) bond motifs is 2. The van der Waals surface area contributed by atoms with E-state index in [1.165, 1.54) is 16.7 Å². The van der Waals surface area contributed by atoms with Crippen LogP contribution in [0.1, 0.15) is 12.1 Å². The van der Waals surface area contributed by atoms with Crippen molar-refractivity contribution in [3.05, 3.63) is 70.7 Å². The molecule has 0 aliphatic rings. The average Bonchev–Trinajstić information content (AvgIpc) is 3.12. The number of carbonyl (C=O) groups is 1. The summed E-state index contributed by atoms with van der Waals surface area (Å²) in [7, 11) is 1.65. The Morgan fingerprint density at radius 2 is 2.00 bits per heavy atom. The van der Waals surface area contributed by atoms with Gasteiger partial charge in [-0.1, -0.05) is 0 Å². The van der Waals surface area contributed by atoms with Crippen molar-refractivity contribution in [2.75, 3.05) is 0 Å². The van der Waals surface area contributed by atoms with Crippen molar-refractivity contribution >= 4 is 22.5 Å². The number of nitrogens with zero attached hydrogens (tertiary/aromatic N) is 3. The largest absolute Gasteiger partial charge is 0.481 e. The van der Waals surface area contributed by atoms with E-state index in [9.17, 15) is 14.0 Å². The van der Waals surface area contributed by atoms with Crippen LogP contribution in [-0.4, -0.2) is 25.0 Å². The Balaban J connectivity index is 1.94. The Kier molecular flexibility index (Phi) is 3.99. The van der Waals surface area contributed by atoms with Crippen LogP contribution in [0.2, 0.25) is 0 Å². The van der Waals surface area contributed by atoms with Gasteiger partial charge in [-0.05, 0) is 42.8 Å². The predicted molar refractivity (Wildman–Crippen MR) is 99.3 cm³/mol. The summed E-state index contributed by atoms with van der Waals surface area (Å²) in [5, 5.41) is 9.54. The minimum absolute atomic E-state index is 0.00361. The highest BCUT2D eigenvalue weighted by molar-refractivity contribution is 5.87. The van der Waals surface area contributed by atoms with Crippen LogP contribution in [0.15, 0.2) is 53.6 Å². The first-order chi connectivity index (χ1) is 13.0. The third-order valence-corrected chi connectivity index (χ3v) is 4.70. The van der Waals surface area contributed by atoms with E-state index in [-0.39, 0.29) is 17.8 Å². The molecular formula is C20H16FN3O3. The molecule has 0 spiro atoms. The Morgan fingerprint density at radius 3 is 2.78 bits per heavy atom. The fraction of sp³-hybridized carbons (Fsp3) is 0.150. The van der Waals surface area contributed by atoms with Crippen LogP contribution in [0.3, 0.4) is 0 Å². The second-order valence-electron chi connectivity index (χ2n) is 6.38. The van der Waals surface area contributed by atoms with Gasteiger partial charge in [0.1, 0.15) is 11.5 Å². The fourth-order valence-electron chi connectivity index (χ4n) is 3.36. The Labute approximate surface area is 153 Å². The van der Waals surface area contributed by atoms with Gasteiger partial charge in [0.2, 0.25) is 0 Å². The van der Waals surface area contributed by atoms with Crippen molar-refractivity contribution in [3.63, 3.8) is 0 Å². The van der Waals surface area contributed by atoms with Crippen LogP contribution < -0.4 is 5.56 Å². The van der Waals surface area contributed by atoms with Gasteiger partial charge in [0.15, 0.2) is 0 Å². The molecule has 0 saturated heterocycles. The minimum Gasteiger partial charge on any atom is -0.481 e. The molecule has 0 bridgehead atoms. The number of hydrogen-bond donors (Lipinski definition) is 1. The zero-order valence-electron chi connectivity index (χ0n) is 14.5. The van der Waals surface area contributed by atoms with Gasteiger partial charge in [0, 0.05) is 36.1 Å². The lowest BCUT2D eigenvalue weighted by Crippen LogP contribution is -2.19. The molecule has 7 heteroatoms. The maximum atomic E-state index is 13.7. The van der Waals surface area contributed by atoms with Crippen LogP contribution >= 0.6 is 0 Å². The van der Waals surface area contributed by atoms with E-state index >= 15 is 0 Å². The molecule has 136 valence electrons. The van der Waals surface area contributed by atoms with Crippen molar-refractivity contribution in [2.45, 2.75) is 12.8 Å². The minimum atomic E-state index is -0.877. The Hall–Kier alpha value is -3.48. The van der Waals surface area contributed by atoms with Gasteiger partial charge in [-0.2, -0.15) is 0 Å². The van der Waals surface area contributed by atoms with Gasteiger partial charge in [-0.15, -0.1) is 0 Å². The molecule has 27 heavy (non-hydrogen) atoms. The molecule has 0 atom stereocenters. The second-order valence-corrected chi connectivity index (χ2v) is 6.38. The van der Waals surface area contributed by atoms with Crippen molar-refractivity contribution in [3.8, 4) is 11.1 Å². The molecule has 4 aromatic rings. The van der Waals surface area contributed by atoms with E-state index < -0.39 is 5.97 Å². The summed E-state index contributed by atoms with van der Waals surface area (Å²) in [6.07, 6.45) is 3.70. The number of aliphatic carboxylic acids is 1. The summed E-state index contributed by atoms with van der Waals surface area (Å²) in [5.74, 6) is -1.25. The fourth-order valence-corrected chi connectivity index (χ4v) is 3.36. The molecule has 1 aromatic carbocycles. The molecule has 3 heterocycles. The summed E-state index contributed by atoms with van der Waals surface area (Å²) in [6, 6.07) is 9.52. The molecule has 0 radical (unpaired) electrons. The Morgan fingerprint density at radius 1 is 1.19 bits per heavy atom. The topological polar surface area (TPSA) is 76.6 Å². The molecule has 0 fully saturated rings. The van der Waals surface area contributed by atoms with Crippen molar-refractivity contribution < 1.29 is 14.3 Å². The third kappa shape index (κ3) is 2.87. The lowest BCUT2D eigenvalue weighted by molar-refractivity contribution is -0.136. The van der Waals surface area contributed by atoms with E-state index in [4.69, 9.17) is 5.11 Å². The first kappa shape index (κ1) is 17.0. The van der Waals surface area contributed by atoms with Crippen LogP contribution in [0.4, 0.5) is 4.39 Å². The normalized spacial score (nSPS) is 11.3. The quantitative estimate of drug-likeness (QED) is 0.603. The maximum absolute atomic E-state index is 13.7. The first-order valence-corrected chi connectivity index (χ1v) is 8.42. The van der Waals surface area contributed by atoms with Gasteiger partial charge < -0.3 is 14.1 Å². The SMILES string of the molecule is Cn1c(=O)c(-c2ccc(CCC(=O)O)n3ccnc23)cc2cc(F)ccc21. The lowest BCUT2D eigenvalue weighted by atomic mass is 10.0. The highest BCUT2D eigenvalue weighted by Crippen LogP contribution is 2.26. The van der Waals surface area contributed by atoms with Crippen molar-refractivity contribution in [2.24, 2.45) is 7.05 Å². The second kappa shape index (κ2) is 6.35. The number of carboxylic acid groups (broad SMARTS) is 1. The number of halogens is 1. The van der Waals surface area contributed by atoms with Crippen LogP contribution in [0.5, 0.6) is 0 Å². The van der Waals surface area contributed by atoms with Gasteiger partial charge in [0.05, 0.1) is 17.5 Å². The summed E-state index contributed by atoms with van der Waals surface area (Å²) < 4.78 is 16.9. The summed E-state index contributed by atoms with van der Waals surface area (Å²) in [6.45, 7) is 0. The lowest BCUT2D eigenvalue weighted by Gasteiger charge is -2.12. The molecule has 0 aliphatic carbocycles. The third-order valence-electron chi connectivity index (χ3n) is 4.70. The molecule has 6 nitrogen and oxygen atoms in total. The zero-order valence-corrected chi connectivity index (χ0v) is 14.5. The van der Waals surface area contributed by atoms with Gasteiger partial charge in [-0.3, -0.25) is 9.59 Å². The summed E-state index contributed by atoms with van der Waals surface area (Å²) in [5.41, 5.74) is 2.81. The molecule has 0 amide bonds. The molecule has 0 aliphatic heterocycles. The summed E-state index contributed by atoms with van der Waals surface area (Å²) in [4.78, 5) is 28.1. The standard InChI is InChI=1S/C20H16FN3O3/c1-23-17-6-2-13(21)10-12(17)11-16(20(23)27)15-5-3-14(4-7-18(25)26)24-9-8-22-19(15)24/h2-3,5-6,8-11H,4,7H2,1H3,(H,25,26). The highest BCUT2D eigenvalue weighted by Gasteiger charge is 2.15. The predicted octanol–water partition coefficient (Wildman–Crippen LogP) is 3.01. The zero-order chi connectivity index (χ0) is 19.1. The number of aryl methyl sites for hydroxylation is 2. The first-order valence-electron chi connectivity index (χ1n) is 8.42. The monoisotopic (exact) mass is 365 g/mol. The van der Waals surface area contributed by atoms with E-state index in [0.717, 1.165) is 5.69 Å². The number of aromatic nitrogens is 3. The number of hydrogen-bond acceptors (Lipinski definition) is 3. The number of carboxylic acids is 1. The Bertz CT molecular complexity index is 1260. The number of pyridine rings is 2. The summed E-state index contributed by atoms with van der Waals surface area (Å²) >= 11 is 0. The number of rotatable bonds is 4. The smallest absolute Gasteiger partial charge is 0.303 e. The van der Waals surface area contributed by atoms with Crippen LogP contribution in [-0.2, 0) is 18.3 Å².